The first-order valence-corrected chi connectivity index (χ1v) is 8.34. The van der Waals surface area contributed by atoms with Crippen LogP contribution in [0.3, 0.4) is 0 Å². The number of hydrogen-bond donors (Lipinski definition) is 2. The molecule has 5 heteroatoms. The number of ether oxygens (including phenoxy) is 2. The fraction of sp³-hybridized carbons (Fsp3) is 0.667. The van der Waals surface area contributed by atoms with Crippen molar-refractivity contribution in [2.45, 2.75) is 51.9 Å². The summed E-state index contributed by atoms with van der Waals surface area (Å²) in [7, 11) is 0. The maximum atomic E-state index is 13.7. The van der Waals surface area contributed by atoms with Gasteiger partial charge in [0.05, 0.1) is 25.4 Å². The zero-order valence-corrected chi connectivity index (χ0v) is 14.3. The highest BCUT2D eigenvalue weighted by Crippen LogP contribution is 2.20. The van der Waals surface area contributed by atoms with Crippen LogP contribution in [0.5, 0.6) is 0 Å². The summed E-state index contributed by atoms with van der Waals surface area (Å²) in [5, 5.41) is 13.3. The van der Waals surface area contributed by atoms with Gasteiger partial charge in [-0.05, 0) is 50.3 Å². The third-order valence-electron chi connectivity index (χ3n) is 4.26. The van der Waals surface area contributed by atoms with Gasteiger partial charge in [-0.1, -0.05) is 12.1 Å². The van der Waals surface area contributed by atoms with Gasteiger partial charge in [-0.3, -0.25) is 0 Å². The molecule has 1 aromatic carbocycles. The summed E-state index contributed by atoms with van der Waals surface area (Å²) >= 11 is 0. The highest BCUT2D eigenvalue weighted by molar-refractivity contribution is 5.32. The largest absolute Gasteiger partial charge is 0.389 e. The molecule has 3 unspecified atom stereocenters. The van der Waals surface area contributed by atoms with E-state index in [9.17, 15) is 9.50 Å². The van der Waals surface area contributed by atoms with Crippen LogP contribution in [-0.4, -0.2) is 43.7 Å². The first-order chi connectivity index (χ1) is 11.0. The minimum absolute atomic E-state index is 0.0424. The molecule has 0 amide bonds. The predicted molar refractivity (Wildman–Crippen MR) is 88.1 cm³/mol. The number of aryl methyl sites for hydroxylation is 2. The van der Waals surface area contributed by atoms with Gasteiger partial charge in [0, 0.05) is 19.2 Å². The van der Waals surface area contributed by atoms with E-state index >= 15 is 0 Å². The Hall–Kier alpha value is -1.01. The predicted octanol–water partition coefficient (Wildman–Crippen LogP) is 2.65. The zero-order valence-electron chi connectivity index (χ0n) is 14.3. The molecule has 1 aromatic rings. The third-order valence-corrected chi connectivity index (χ3v) is 4.26. The van der Waals surface area contributed by atoms with Crippen molar-refractivity contribution in [1.29, 1.82) is 0 Å². The van der Waals surface area contributed by atoms with Crippen molar-refractivity contribution >= 4 is 0 Å². The Balaban J connectivity index is 1.71. The monoisotopic (exact) mass is 325 g/mol. The number of halogens is 1. The summed E-state index contributed by atoms with van der Waals surface area (Å²) in [4.78, 5) is 0. The lowest BCUT2D eigenvalue weighted by atomic mass is 10.0. The molecule has 3 atom stereocenters. The Morgan fingerprint density at radius 1 is 1.39 bits per heavy atom. The highest BCUT2D eigenvalue weighted by atomic mass is 19.1. The Kier molecular flexibility index (Phi) is 6.96. The highest BCUT2D eigenvalue weighted by Gasteiger charge is 2.16. The maximum Gasteiger partial charge on any atom is 0.129 e. The molecule has 1 aliphatic rings. The topological polar surface area (TPSA) is 50.7 Å². The van der Waals surface area contributed by atoms with Crippen molar-refractivity contribution in [2.75, 3.05) is 26.4 Å². The van der Waals surface area contributed by atoms with Gasteiger partial charge in [0.15, 0.2) is 0 Å². The van der Waals surface area contributed by atoms with Crippen molar-refractivity contribution in [1.82, 2.24) is 5.32 Å². The van der Waals surface area contributed by atoms with Crippen LogP contribution in [0.2, 0.25) is 0 Å². The van der Waals surface area contributed by atoms with Gasteiger partial charge in [-0.2, -0.15) is 0 Å². The van der Waals surface area contributed by atoms with E-state index < -0.39 is 6.10 Å². The van der Waals surface area contributed by atoms with E-state index in [0.717, 1.165) is 25.0 Å². The fourth-order valence-electron chi connectivity index (χ4n) is 2.83. The van der Waals surface area contributed by atoms with Gasteiger partial charge in [-0.15, -0.1) is 0 Å². The van der Waals surface area contributed by atoms with E-state index in [2.05, 4.69) is 5.32 Å². The Bertz CT molecular complexity index is 480. The second-order valence-corrected chi connectivity index (χ2v) is 6.42. The molecule has 0 aliphatic carbocycles. The van der Waals surface area contributed by atoms with Crippen molar-refractivity contribution < 1.29 is 19.0 Å². The van der Waals surface area contributed by atoms with E-state index in [1.807, 2.05) is 19.1 Å². The quantitative estimate of drug-likeness (QED) is 0.771. The van der Waals surface area contributed by atoms with Gasteiger partial charge >= 0.3 is 0 Å². The molecule has 0 bridgehead atoms. The molecule has 1 aliphatic heterocycles. The second-order valence-electron chi connectivity index (χ2n) is 6.42. The molecule has 0 saturated carbocycles. The Labute approximate surface area is 138 Å². The molecular weight excluding hydrogens is 297 g/mol. The molecule has 1 fully saturated rings. The molecule has 0 aromatic heterocycles. The van der Waals surface area contributed by atoms with Gasteiger partial charge in [0.1, 0.15) is 5.82 Å². The zero-order chi connectivity index (χ0) is 16.8. The van der Waals surface area contributed by atoms with E-state index in [0.29, 0.717) is 30.9 Å². The molecule has 1 saturated heterocycles. The number of rotatable bonds is 8. The van der Waals surface area contributed by atoms with Crippen LogP contribution < -0.4 is 5.32 Å². The Morgan fingerprint density at radius 3 is 2.70 bits per heavy atom. The number of nitrogens with one attached hydrogen (secondary N) is 1. The fourth-order valence-corrected chi connectivity index (χ4v) is 2.83. The summed E-state index contributed by atoms with van der Waals surface area (Å²) in [6.07, 6.45) is 1.74. The van der Waals surface area contributed by atoms with Gasteiger partial charge in [-0.25, -0.2) is 4.39 Å². The first-order valence-electron chi connectivity index (χ1n) is 8.34. The van der Waals surface area contributed by atoms with Crippen molar-refractivity contribution in [2.24, 2.45) is 0 Å². The third kappa shape index (κ3) is 5.53. The first kappa shape index (κ1) is 18.3. The summed E-state index contributed by atoms with van der Waals surface area (Å²) in [5.41, 5.74) is 2.32. The molecule has 2 N–H and O–H groups in total. The average molecular weight is 325 g/mol. The lowest BCUT2D eigenvalue weighted by Crippen LogP contribution is -2.33. The van der Waals surface area contributed by atoms with Crippen LogP contribution >= 0.6 is 0 Å². The van der Waals surface area contributed by atoms with Gasteiger partial charge in [0.25, 0.3) is 0 Å². The van der Waals surface area contributed by atoms with Crippen LogP contribution in [0.4, 0.5) is 4.39 Å². The molecule has 0 radical (unpaired) electrons. The number of benzene rings is 1. The van der Waals surface area contributed by atoms with E-state index in [1.165, 1.54) is 0 Å². The lowest BCUT2D eigenvalue weighted by molar-refractivity contribution is -0.0168. The SMILES string of the molecule is Cc1cc(C(C)NCC(O)COCC2CCCO2)cc(C)c1F. The summed E-state index contributed by atoms with van der Waals surface area (Å²) in [6.45, 7) is 7.63. The molecular formula is C18H28FNO3. The molecule has 0 spiro atoms. The van der Waals surface area contributed by atoms with Crippen LogP contribution in [0.15, 0.2) is 12.1 Å². The minimum Gasteiger partial charge on any atom is -0.389 e. The van der Waals surface area contributed by atoms with Crippen LogP contribution in [0.25, 0.3) is 0 Å². The minimum atomic E-state index is -0.568. The second kappa shape index (κ2) is 8.73. The van der Waals surface area contributed by atoms with E-state index in [1.54, 1.807) is 13.8 Å². The van der Waals surface area contributed by atoms with Gasteiger partial charge in [0.2, 0.25) is 0 Å². The smallest absolute Gasteiger partial charge is 0.129 e. The molecule has 1 heterocycles. The van der Waals surface area contributed by atoms with E-state index in [-0.39, 0.29) is 18.0 Å². The van der Waals surface area contributed by atoms with E-state index in [4.69, 9.17) is 9.47 Å². The molecule has 23 heavy (non-hydrogen) atoms. The number of hydrogen-bond acceptors (Lipinski definition) is 4. The average Bonchev–Trinajstić information content (AvgIpc) is 3.03. The van der Waals surface area contributed by atoms with Crippen LogP contribution in [-0.2, 0) is 9.47 Å². The van der Waals surface area contributed by atoms with Crippen LogP contribution in [0, 0.1) is 19.7 Å². The molecule has 4 nitrogen and oxygen atoms in total. The van der Waals surface area contributed by atoms with Crippen molar-refractivity contribution in [3.63, 3.8) is 0 Å². The summed E-state index contributed by atoms with van der Waals surface area (Å²) in [5.74, 6) is -0.150. The summed E-state index contributed by atoms with van der Waals surface area (Å²) in [6, 6.07) is 3.74. The molecule has 2 rings (SSSR count). The van der Waals surface area contributed by atoms with Crippen LogP contribution in [0.1, 0.15) is 42.5 Å². The standard InChI is InChI=1S/C18H28FNO3/c1-12-7-15(8-13(2)18(12)19)14(3)20-9-16(21)10-22-11-17-5-4-6-23-17/h7-8,14,16-17,20-21H,4-6,9-11H2,1-3H3. The maximum absolute atomic E-state index is 13.7. The van der Waals surface area contributed by atoms with Crippen molar-refractivity contribution in [3.05, 3.63) is 34.6 Å². The number of aliphatic hydroxyl groups excluding tert-OH is 1. The normalized spacial score (nSPS) is 20.7. The van der Waals surface area contributed by atoms with Gasteiger partial charge < -0.3 is 19.9 Å². The molecule has 130 valence electrons. The van der Waals surface area contributed by atoms with Crippen molar-refractivity contribution in [3.8, 4) is 0 Å². The lowest BCUT2D eigenvalue weighted by Gasteiger charge is -2.19. The number of aliphatic hydroxyl groups is 1. The Morgan fingerprint density at radius 2 is 2.09 bits per heavy atom. The summed E-state index contributed by atoms with van der Waals surface area (Å²) < 4.78 is 24.6.